The second-order valence-electron chi connectivity index (χ2n) is 4.57. The van der Waals surface area contributed by atoms with Gasteiger partial charge in [0.1, 0.15) is 5.69 Å². The molecule has 0 saturated carbocycles. The van der Waals surface area contributed by atoms with Gasteiger partial charge in [0.2, 0.25) is 0 Å². The van der Waals surface area contributed by atoms with Gasteiger partial charge in [0, 0.05) is 18.3 Å². The van der Waals surface area contributed by atoms with Crippen molar-refractivity contribution in [1.82, 2.24) is 0 Å². The fourth-order valence-corrected chi connectivity index (χ4v) is 1.71. The van der Waals surface area contributed by atoms with Gasteiger partial charge >= 0.3 is 5.82 Å². The zero-order chi connectivity index (χ0) is 14.4. The molecule has 1 aromatic carbocycles. The molecule has 0 bridgehead atoms. The Morgan fingerprint density at radius 3 is 2.60 bits per heavy atom. The molecule has 2 aromatic rings. The van der Waals surface area contributed by atoms with Gasteiger partial charge in [0.15, 0.2) is 0 Å². The van der Waals surface area contributed by atoms with E-state index >= 15 is 0 Å². The lowest BCUT2D eigenvalue weighted by molar-refractivity contribution is -0.658. The van der Waals surface area contributed by atoms with Crippen LogP contribution in [0.15, 0.2) is 52.8 Å². The zero-order valence-corrected chi connectivity index (χ0v) is 11.7. The Balaban J connectivity index is 2.09. The number of aromatic nitrogens is 1. The molecule has 2 N–H and O–H groups in total. The molecule has 5 nitrogen and oxygen atoms in total. The third kappa shape index (κ3) is 3.86. The number of hydrogen-bond acceptors (Lipinski definition) is 4. The van der Waals surface area contributed by atoms with Crippen molar-refractivity contribution in [3.8, 4) is 0 Å². The Morgan fingerprint density at radius 1 is 1.15 bits per heavy atom. The lowest BCUT2D eigenvalue weighted by atomic mass is 10.3. The Labute approximate surface area is 118 Å². The van der Waals surface area contributed by atoms with E-state index in [4.69, 9.17) is 5.11 Å². The van der Waals surface area contributed by atoms with Gasteiger partial charge in [-0.05, 0) is 47.9 Å². The first-order valence-electron chi connectivity index (χ1n) is 6.52. The van der Waals surface area contributed by atoms with Crippen LogP contribution in [0.3, 0.4) is 0 Å². The standard InChI is InChI=1S/C15H18N4O/c1-12-7-9-19(2)15(11-12)18-17-14-5-3-13(4-6-14)16-8-10-20/h3-7,9,11,20H,8,10H2,1-2H3/p+1. The van der Waals surface area contributed by atoms with E-state index in [0.717, 1.165) is 22.8 Å². The van der Waals surface area contributed by atoms with Crippen molar-refractivity contribution >= 4 is 17.2 Å². The highest BCUT2D eigenvalue weighted by Crippen LogP contribution is 2.18. The van der Waals surface area contributed by atoms with Gasteiger partial charge in [0.05, 0.1) is 25.0 Å². The first-order chi connectivity index (χ1) is 9.69. The van der Waals surface area contributed by atoms with E-state index in [-0.39, 0.29) is 6.61 Å². The van der Waals surface area contributed by atoms with Crippen LogP contribution in [0.5, 0.6) is 0 Å². The van der Waals surface area contributed by atoms with E-state index < -0.39 is 0 Å². The highest BCUT2D eigenvalue weighted by Gasteiger charge is 2.05. The lowest BCUT2D eigenvalue weighted by Gasteiger charge is -2.02. The van der Waals surface area contributed by atoms with Gasteiger partial charge in [0.25, 0.3) is 0 Å². The molecule has 0 unspecified atom stereocenters. The molecule has 1 heterocycles. The van der Waals surface area contributed by atoms with Crippen LogP contribution in [0.1, 0.15) is 5.56 Å². The van der Waals surface area contributed by atoms with Gasteiger partial charge in [-0.15, -0.1) is 0 Å². The SMILES string of the molecule is Cc1cc[n+](C)c(N=Nc2ccc(NCCO)cc2)c1. The molecule has 5 heteroatoms. The summed E-state index contributed by atoms with van der Waals surface area (Å²) in [6.45, 7) is 2.69. The summed E-state index contributed by atoms with van der Waals surface area (Å²) in [6, 6.07) is 11.6. The van der Waals surface area contributed by atoms with Crippen LogP contribution in [-0.2, 0) is 7.05 Å². The summed E-state index contributed by atoms with van der Waals surface area (Å²) in [5.41, 5.74) is 2.90. The molecular weight excluding hydrogens is 252 g/mol. The van der Waals surface area contributed by atoms with Crippen molar-refractivity contribution in [3.63, 3.8) is 0 Å². The third-order valence-electron chi connectivity index (χ3n) is 2.86. The van der Waals surface area contributed by atoms with Crippen LogP contribution in [0.4, 0.5) is 17.2 Å². The minimum atomic E-state index is 0.116. The maximum atomic E-state index is 8.74. The molecular formula is C15H19N4O+. The minimum absolute atomic E-state index is 0.116. The van der Waals surface area contributed by atoms with Crippen LogP contribution >= 0.6 is 0 Å². The van der Waals surface area contributed by atoms with Crippen molar-refractivity contribution in [2.45, 2.75) is 6.92 Å². The highest BCUT2D eigenvalue weighted by molar-refractivity contribution is 5.50. The number of aliphatic hydroxyl groups is 1. The maximum Gasteiger partial charge on any atom is 0.350 e. The van der Waals surface area contributed by atoms with E-state index in [1.165, 1.54) is 0 Å². The highest BCUT2D eigenvalue weighted by atomic mass is 16.3. The molecule has 0 aliphatic carbocycles. The Kier molecular flexibility index (Phi) is 4.79. The third-order valence-corrected chi connectivity index (χ3v) is 2.86. The van der Waals surface area contributed by atoms with E-state index in [2.05, 4.69) is 15.5 Å². The molecule has 0 aliphatic heterocycles. The number of aliphatic hydroxyl groups excluding tert-OH is 1. The lowest BCUT2D eigenvalue weighted by Crippen LogP contribution is -2.27. The molecule has 0 saturated heterocycles. The van der Waals surface area contributed by atoms with Gasteiger partial charge < -0.3 is 10.4 Å². The molecule has 20 heavy (non-hydrogen) atoms. The predicted octanol–water partition coefficient (Wildman–Crippen LogP) is 2.64. The van der Waals surface area contributed by atoms with Crippen LogP contribution in [0, 0.1) is 6.92 Å². The number of pyridine rings is 1. The molecule has 0 amide bonds. The number of nitrogens with zero attached hydrogens (tertiary/aromatic N) is 3. The van der Waals surface area contributed by atoms with Gasteiger partial charge in [-0.1, -0.05) is 0 Å². The summed E-state index contributed by atoms with van der Waals surface area (Å²) in [4.78, 5) is 0. The van der Waals surface area contributed by atoms with E-state index in [9.17, 15) is 0 Å². The van der Waals surface area contributed by atoms with Crippen molar-refractivity contribution in [3.05, 3.63) is 48.2 Å². The fourth-order valence-electron chi connectivity index (χ4n) is 1.71. The second-order valence-corrected chi connectivity index (χ2v) is 4.57. The maximum absolute atomic E-state index is 8.74. The smallest absolute Gasteiger partial charge is 0.350 e. The molecule has 1 aromatic heterocycles. The Morgan fingerprint density at radius 2 is 1.90 bits per heavy atom. The number of nitrogens with one attached hydrogen (secondary N) is 1. The number of azo groups is 1. The van der Waals surface area contributed by atoms with Crippen molar-refractivity contribution < 1.29 is 9.67 Å². The Hall–Kier alpha value is -2.27. The summed E-state index contributed by atoms with van der Waals surface area (Å²) in [5.74, 6) is 0.812. The van der Waals surface area contributed by atoms with Crippen molar-refractivity contribution in [2.24, 2.45) is 17.3 Å². The summed E-state index contributed by atoms with van der Waals surface area (Å²) < 4.78 is 1.92. The molecule has 0 fully saturated rings. The van der Waals surface area contributed by atoms with Crippen LogP contribution in [0.2, 0.25) is 0 Å². The predicted molar refractivity (Wildman–Crippen MR) is 78.5 cm³/mol. The first kappa shape index (κ1) is 14.1. The topological polar surface area (TPSA) is 60.9 Å². The van der Waals surface area contributed by atoms with Crippen molar-refractivity contribution in [1.29, 1.82) is 0 Å². The quantitative estimate of drug-likeness (QED) is 0.648. The number of aryl methyl sites for hydroxylation is 2. The fraction of sp³-hybridized carbons (Fsp3) is 0.267. The number of anilines is 1. The van der Waals surface area contributed by atoms with Crippen LogP contribution < -0.4 is 9.88 Å². The Bertz CT molecular complexity index is 593. The average molecular weight is 271 g/mol. The normalized spacial score (nSPS) is 10.9. The molecule has 0 radical (unpaired) electrons. The summed E-state index contributed by atoms with van der Waals surface area (Å²) in [5, 5.41) is 20.3. The van der Waals surface area contributed by atoms with E-state index in [0.29, 0.717) is 6.54 Å². The average Bonchev–Trinajstić information content (AvgIpc) is 2.47. The molecule has 0 spiro atoms. The summed E-state index contributed by atoms with van der Waals surface area (Å²) in [7, 11) is 1.94. The molecule has 0 aliphatic rings. The van der Waals surface area contributed by atoms with Crippen LogP contribution in [0.25, 0.3) is 0 Å². The number of benzene rings is 1. The molecule has 2 rings (SSSR count). The summed E-state index contributed by atoms with van der Waals surface area (Å²) in [6.07, 6.45) is 1.96. The van der Waals surface area contributed by atoms with Gasteiger partial charge in [-0.25, -0.2) is 4.57 Å². The summed E-state index contributed by atoms with van der Waals surface area (Å²) >= 11 is 0. The monoisotopic (exact) mass is 271 g/mol. The first-order valence-corrected chi connectivity index (χ1v) is 6.52. The number of rotatable bonds is 5. The van der Waals surface area contributed by atoms with Crippen LogP contribution in [-0.4, -0.2) is 18.3 Å². The van der Waals surface area contributed by atoms with E-state index in [1.54, 1.807) is 0 Å². The minimum Gasteiger partial charge on any atom is -0.395 e. The van der Waals surface area contributed by atoms with Gasteiger partial charge in [-0.2, -0.15) is 0 Å². The van der Waals surface area contributed by atoms with Gasteiger partial charge in [-0.3, -0.25) is 0 Å². The molecule has 104 valence electrons. The largest absolute Gasteiger partial charge is 0.395 e. The second kappa shape index (κ2) is 6.77. The molecule has 0 atom stereocenters. The zero-order valence-electron chi connectivity index (χ0n) is 11.7. The van der Waals surface area contributed by atoms with Crippen molar-refractivity contribution in [2.75, 3.05) is 18.5 Å². The number of hydrogen-bond donors (Lipinski definition) is 2. The van der Waals surface area contributed by atoms with E-state index in [1.807, 2.05) is 61.1 Å².